The number of anilines is 1. The Hall–Kier alpha value is -0.610. The van der Waals surface area contributed by atoms with E-state index in [9.17, 15) is 4.39 Å². The quantitative estimate of drug-likeness (QED) is 0.783. The van der Waals surface area contributed by atoms with Gasteiger partial charge in [0, 0.05) is 17.6 Å². The van der Waals surface area contributed by atoms with Crippen LogP contribution in [0.25, 0.3) is 0 Å². The van der Waals surface area contributed by atoms with Crippen LogP contribution in [-0.2, 0) is 0 Å². The van der Waals surface area contributed by atoms with Crippen LogP contribution in [0, 0.1) is 11.7 Å². The standard InChI is InChI=1S/C14H18BrFN2/c1-17-8-6-10-3-2-7-18(14(10)17)13-9-11(15)4-5-12(13)16/h4-5,9-10,14H,2-3,6-8H2,1H3. The Bertz CT molecular complexity index is 449. The highest BCUT2D eigenvalue weighted by Gasteiger charge is 2.39. The largest absolute Gasteiger partial charge is 0.353 e. The van der Waals surface area contributed by atoms with Gasteiger partial charge >= 0.3 is 0 Å². The Balaban J connectivity index is 1.96. The van der Waals surface area contributed by atoms with E-state index in [1.54, 1.807) is 12.1 Å². The highest BCUT2D eigenvalue weighted by atomic mass is 79.9. The SMILES string of the molecule is CN1CCC2CCCN(c3cc(Br)ccc3F)C21. The van der Waals surface area contributed by atoms with Gasteiger partial charge < -0.3 is 4.90 Å². The van der Waals surface area contributed by atoms with E-state index < -0.39 is 0 Å². The van der Waals surface area contributed by atoms with Gasteiger partial charge in [-0.15, -0.1) is 0 Å². The Labute approximate surface area is 116 Å². The topological polar surface area (TPSA) is 6.48 Å². The number of halogens is 2. The van der Waals surface area contributed by atoms with Crippen LogP contribution in [0.2, 0.25) is 0 Å². The summed E-state index contributed by atoms with van der Waals surface area (Å²) in [5.41, 5.74) is 0.743. The average molecular weight is 313 g/mol. The van der Waals surface area contributed by atoms with E-state index >= 15 is 0 Å². The van der Waals surface area contributed by atoms with Gasteiger partial charge in [0.05, 0.1) is 11.9 Å². The maximum atomic E-state index is 14.1. The zero-order valence-electron chi connectivity index (χ0n) is 10.6. The molecule has 0 bridgehead atoms. The van der Waals surface area contributed by atoms with Crippen LogP contribution >= 0.6 is 15.9 Å². The Morgan fingerprint density at radius 2 is 2.11 bits per heavy atom. The van der Waals surface area contributed by atoms with Crippen LogP contribution in [-0.4, -0.2) is 31.2 Å². The second kappa shape index (κ2) is 4.82. The second-order valence-corrected chi connectivity index (χ2v) is 6.29. The smallest absolute Gasteiger partial charge is 0.146 e. The molecule has 1 aromatic rings. The monoisotopic (exact) mass is 312 g/mol. The molecule has 1 aromatic carbocycles. The van der Waals surface area contributed by atoms with Gasteiger partial charge in [0.25, 0.3) is 0 Å². The van der Waals surface area contributed by atoms with Gasteiger partial charge in [-0.25, -0.2) is 4.39 Å². The predicted octanol–water partition coefficient (Wildman–Crippen LogP) is 3.47. The molecule has 2 unspecified atom stereocenters. The zero-order chi connectivity index (χ0) is 12.7. The molecule has 2 saturated heterocycles. The minimum atomic E-state index is -0.112. The van der Waals surface area contributed by atoms with E-state index in [1.807, 2.05) is 6.07 Å². The number of nitrogens with zero attached hydrogens (tertiary/aromatic N) is 2. The van der Waals surface area contributed by atoms with E-state index in [1.165, 1.54) is 19.3 Å². The molecular weight excluding hydrogens is 295 g/mol. The third-order valence-electron chi connectivity index (χ3n) is 4.24. The van der Waals surface area contributed by atoms with E-state index in [-0.39, 0.29) is 5.82 Å². The van der Waals surface area contributed by atoms with Crippen molar-refractivity contribution < 1.29 is 4.39 Å². The molecule has 3 rings (SSSR count). The zero-order valence-corrected chi connectivity index (χ0v) is 12.2. The summed E-state index contributed by atoms with van der Waals surface area (Å²) in [6.45, 7) is 2.08. The lowest BCUT2D eigenvalue weighted by Crippen LogP contribution is -2.50. The fraction of sp³-hybridized carbons (Fsp3) is 0.571. The normalized spacial score (nSPS) is 28.5. The summed E-state index contributed by atoms with van der Waals surface area (Å²) in [7, 11) is 2.15. The second-order valence-electron chi connectivity index (χ2n) is 5.37. The molecule has 0 amide bonds. The van der Waals surface area contributed by atoms with Crippen LogP contribution in [0.1, 0.15) is 19.3 Å². The first-order chi connectivity index (χ1) is 8.66. The van der Waals surface area contributed by atoms with Crippen LogP contribution in [0.3, 0.4) is 0 Å². The molecule has 18 heavy (non-hydrogen) atoms. The van der Waals surface area contributed by atoms with Gasteiger partial charge in [-0.3, -0.25) is 4.90 Å². The molecule has 0 radical (unpaired) electrons. The summed E-state index contributed by atoms with van der Waals surface area (Å²) >= 11 is 3.44. The van der Waals surface area contributed by atoms with Gasteiger partial charge in [-0.1, -0.05) is 15.9 Å². The van der Waals surface area contributed by atoms with Crippen molar-refractivity contribution >= 4 is 21.6 Å². The predicted molar refractivity (Wildman–Crippen MR) is 75.2 cm³/mol. The molecule has 2 heterocycles. The van der Waals surface area contributed by atoms with Gasteiger partial charge in [0.1, 0.15) is 5.82 Å². The molecule has 2 aliphatic rings. The lowest BCUT2D eigenvalue weighted by atomic mass is 9.94. The van der Waals surface area contributed by atoms with Crippen molar-refractivity contribution in [2.45, 2.75) is 25.4 Å². The first-order valence-electron chi connectivity index (χ1n) is 6.59. The van der Waals surface area contributed by atoms with Gasteiger partial charge in [-0.2, -0.15) is 0 Å². The van der Waals surface area contributed by atoms with Crippen molar-refractivity contribution in [3.63, 3.8) is 0 Å². The lowest BCUT2D eigenvalue weighted by Gasteiger charge is -2.42. The summed E-state index contributed by atoms with van der Waals surface area (Å²) < 4.78 is 15.0. The summed E-state index contributed by atoms with van der Waals surface area (Å²) in [5, 5.41) is 0. The number of piperidine rings is 1. The van der Waals surface area contributed by atoms with Crippen LogP contribution in [0.15, 0.2) is 22.7 Å². The van der Waals surface area contributed by atoms with E-state index in [0.29, 0.717) is 12.1 Å². The molecule has 98 valence electrons. The number of benzene rings is 1. The van der Waals surface area contributed by atoms with Crippen molar-refractivity contribution in [1.29, 1.82) is 0 Å². The number of hydrogen-bond acceptors (Lipinski definition) is 2. The first kappa shape index (κ1) is 12.4. The fourth-order valence-electron chi connectivity index (χ4n) is 3.42. The van der Waals surface area contributed by atoms with Crippen LogP contribution in [0.5, 0.6) is 0 Å². The number of fused-ring (bicyclic) bond motifs is 1. The number of likely N-dealkylation sites (tertiary alicyclic amines) is 1. The first-order valence-corrected chi connectivity index (χ1v) is 7.38. The summed E-state index contributed by atoms with van der Waals surface area (Å²) in [4.78, 5) is 4.62. The molecular formula is C14H18BrFN2. The number of hydrogen-bond donors (Lipinski definition) is 0. The minimum absolute atomic E-state index is 0.112. The highest BCUT2D eigenvalue weighted by Crippen LogP contribution is 2.38. The third-order valence-corrected chi connectivity index (χ3v) is 4.73. The molecule has 0 N–H and O–H groups in total. The van der Waals surface area contributed by atoms with Crippen molar-refractivity contribution in [1.82, 2.24) is 4.90 Å². The van der Waals surface area contributed by atoms with Crippen LogP contribution < -0.4 is 4.90 Å². The van der Waals surface area contributed by atoms with Crippen molar-refractivity contribution in [2.24, 2.45) is 5.92 Å². The Morgan fingerprint density at radius 1 is 1.28 bits per heavy atom. The molecule has 2 aliphatic heterocycles. The van der Waals surface area contributed by atoms with Gasteiger partial charge in [-0.05, 0) is 50.4 Å². The van der Waals surface area contributed by atoms with Crippen molar-refractivity contribution in [2.75, 3.05) is 25.0 Å². The van der Waals surface area contributed by atoms with Gasteiger partial charge in [0.2, 0.25) is 0 Å². The maximum absolute atomic E-state index is 14.1. The van der Waals surface area contributed by atoms with E-state index in [0.717, 1.165) is 23.2 Å². The molecule has 2 nitrogen and oxygen atoms in total. The maximum Gasteiger partial charge on any atom is 0.146 e. The summed E-state index contributed by atoms with van der Waals surface area (Å²) in [6.07, 6.45) is 4.07. The molecule has 0 spiro atoms. The molecule has 2 fully saturated rings. The van der Waals surface area contributed by atoms with Crippen LogP contribution in [0.4, 0.5) is 10.1 Å². The third kappa shape index (κ3) is 2.05. The summed E-state index contributed by atoms with van der Waals surface area (Å²) in [6, 6.07) is 5.22. The van der Waals surface area contributed by atoms with E-state index in [2.05, 4.69) is 32.8 Å². The minimum Gasteiger partial charge on any atom is -0.353 e. The molecule has 4 heteroatoms. The van der Waals surface area contributed by atoms with Crippen molar-refractivity contribution in [3.8, 4) is 0 Å². The molecule has 0 saturated carbocycles. The fourth-order valence-corrected chi connectivity index (χ4v) is 3.77. The summed E-state index contributed by atoms with van der Waals surface area (Å²) in [5.74, 6) is 0.585. The average Bonchev–Trinajstić information content (AvgIpc) is 2.75. The van der Waals surface area contributed by atoms with E-state index in [4.69, 9.17) is 0 Å². The lowest BCUT2D eigenvalue weighted by molar-refractivity contribution is 0.226. The Kier molecular flexibility index (Phi) is 3.32. The number of rotatable bonds is 1. The van der Waals surface area contributed by atoms with Crippen molar-refractivity contribution in [3.05, 3.63) is 28.5 Å². The molecule has 2 atom stereocenters. The van der Waals surface area contributed by atoms with Gasteiger partial charge in [0.15, 0.2) is 0 Å². The molecule has 0 aromatic heterocycles. The highest BCUT2D eigenvalue weighted by molar-refractivity contribution is 9.10. The molecule has 0 aliphatic carbocycles. The Morgan fingerprint density at radius 3 is 2.94 bits per heavy atom.